The van der Waals surface area contributed by atoms with Crippen molar-refractivity contribution in [3.05, 3.63) is 0 Å². The van der Waals surface area contributed by atoms with E-state index in [1.54, 1.807) is 0 Å². The molecule has 1 unspecified atom stereocenters. The molecule has 1 aliphatic carbocycles. The highest BCUT2D eigenvalue weighted by Gasteiger charge is 2.30. The number of hydrogen-bond donors (Lipinski definition) is 2. The summed E-state index contributed by atoms with van der Waals surface area (Å²) in [5.41, 5.74) is 5.64. The fourth-order valence-electron chi connectivity index (χ4n) is 2.56. The highest BCUT2D eigenvalue weighted by atomic mass is 16.5. The quantitative estimate of drug-likeness (QED) is 0.732. The average molecular weight is 270 g/mol. The van der Waals surface area contributed by atoms with Crippen molar-refractivity contribution in [3.63, 3.8) is 0 Å². The Labute approximate surface area is 115 Å². The lowest BCUT2D eigenvalue weighted by atomic mass is 9.81. The number of carbonyl (C=O) groups is 2. The molecule has 0 aromatic rings. The van der Waals surface area contributed by atoms with Crippen LogP contribution in [0.2, 0.25) is 0 Å². The van der Waals surface area contributed by atoms with E-state index < -0.39 is 6.04 Å². The second kappa shape index (κ2) is 7.48. The van der Waals surface area contributed by atoms with Crippen LogP contribution < -0.4 is 11.1 Å². The van der Waals surface area contributed by atoms with E-state index in [1.165, 1.54) is 7.11 Å². The van der Waals surface area contributed by atoms with Gasteiger partial charge in [0.05, 0.1) is 7.11 Å². The average Bonchev–Trinajstić information content (AvgIpc) is 2.43. The number of esters is 1. The van der Waals surface area contributed by atoms with Gasteiger partial charge in [-0.05, 0) is 44.1 Å². The van der Waals surface area contributed by atoms with Gasteiger partial charge < -0.3 is 15.8 Å². The van der Waals surface area contributed by atoms with Crippen LogP contribution in [0.15, 0.2) is 0 Å². The summed E-state index contributed by atoms with van der Waals surface area (Å²) in [6.07, 6.45) is 3.72. The normalized spacial score (nSPS) is 24.9. The first-order chi connectivity index (χ1) is 8.99. The molecular weight excluding hydrogens is 244 g/mol. The first-order valence-corrected chi connectivity index (χ1v) is 7.07. The third kappa shape index (κ3) is 4.49. The minimum absolute atomic E-state index is 0.00806. The zero-order valence-corrected chi connectivity index (χ0v) is 12.1. The Balaban J connectivity index is 2.51. The molecule has 1 amide bonds. The molecule has 0 bridgehead atoms. The lowest BCUT2D eigenvalue weighted by molar-refractivity contribution is -0.147. The van der Waals surface area contributed by atoms with Crippen molar-refractivity contribution in [3.8, 4) is 0 Å². The predicted octanol–water partition coefficient (Wildman–Crippen LogP) is 1.07. The van der Waals surface area contributed by atoms with Gasteiger partial charge in [-0.25, -0.2) is 4.79 Å². The van der Waals surface area contributed by atoms with Gasteiger partial charge in [0.2, 0.25) is 5.91 Å². The first kappa shape index (κ1) is 16.0. The number of rotatable bonds is 5. The summed E-state index contributed by atoms with van der Waals surface area (Å²) in [6, 6.07) is -0.551. The van der Waals surface area contributed by atoms with E-state index in [9.17, 15) is 9.59 Å². The molecule has 110 valence electrons. The summed E-state index contributed by atoms with van der Waals surface area (Å²) in [5, 5.41) is 2.82. The number of hydrogen-bond acceptors (Lipinski definition) is 4. The molecule has 0 radical (unpaired) electrons. The van der Waals surface area contributed by atoms with E-state index in [1.807, 2.05) is 13.8 Å². The lowest BCUT2D eigenvalue weighted by Crippen LogP contribution is -2.47. The third-order valence-electron chi connectivity index (χ3n) is 3.97. The SMILES string of the molecule is COC(=O)C(NC(=O)C1CCC(CN)CC1)C(C)C. The summed E-state index contributed by atoms with van der Waals surface area (Å²) in [4.78, 5) is 23.8. The monoisotopic (exact) mass is 270 g/mol. The molecule has 0 aromatic heterocycles. The zero-order chi connectivity index (χ0) is 14.4. The maximum absolute atomic E-state index is 12.2. The fourth-order valence-corrected chi connectivity index (χ4v) is 2.56. The van der Waals surface area contributed by atoms with E-state index in [4.69, 9.17) is 10.5 Å². The van der Waals surface area contributed by atoms with Crippen LogP contribution in [-0.4, -0.2) is 31.6 Å². The van der Waals surface area contributed by atoms with Crippen LogP contribution in [0.1, 0.15) is 39.5 Å². The molecule has 1 fully saturated rings. The zero-order valence-electron chi connectivity index (χ0n) is 12.1. The van der Waals surface area contributed by atoms with E-state index in [2.05, 4.69) is 5.32 Å². The number of amides is 1. The Morgan fingerprint density at radius 1 is 1.26 bits per heavy atom. The molecule has 0 heterocycles. The van der Waals surface area contributed by atoms with E-state index >= 15 is 0 Å². The second-order valence-corrected chi connectivity index (χ2v) is 5.71. The van der Waals surface area contributed by atoms with Crippen LogP contribution in [0.25, 0.3) is 0 Å². The summed E-state index contributed by atoms with van der Waals surface area (Å²) >= 11 is 0. The van der Waals surface area contributed by atoms with Crippen LogP contribution in [0.3, 0.4) is 0 Å². The summed E-state index contributed by atoms with van der Waals surface area (Å²) in [5.74, 6) is 0.176. The van der Waals surface area contributed by atoms with Gasteiger partial charge in [-0.1, -0.05) is 13.8 Å². The molecule has 0 aromatic carbocycles. The van der Waals surface area contributed by atoms with Gasteiger partial charge in [-0.15, -0.1) is 0 Å². The molecule has 0 aliphatic heterocycles. The Morgan fingerprint density at radius 3 is 2.26 bits per heavy atom. The van der Waals surface area contributed by atoms with Gasteiger partial charge in [-0.2, -0.15) is 0 Å². The Hall–Kier alpha value is -1.10. The molecular formula is C14H26N2O3. The molecule has 1 aliphatic rings. The maximum Gasteiger partial charge on any atom is 0.328 e. The molecule has 5 nitrogen and oxygen atoms in total. The van der Waals surface area contributed by atoms with Crippen molar-refractivity contribution in [2.45, 2.75) is 45.6 Å². The van der Waals surface area contributed by atoms with Crippen LogP contribution in [0.4, 0.5) is 0 Å². The highest BCUT2D eigenvalue weighted by molar-refractivity contribution is 5.85. The largest absolute Gasteiger partial charge is 0.467 e. The Kier molecular flexibility index (Phi) is 6.28. The summed E-state index contributed by atoms with van der Waals surface area (Å²) in [6.45, 7) is 4.49. The molecule has 19 heavy (non-hydrogen) atoms. The van der Waals surface area contributed by atoms with Crippen LogP contribution in [0, 0.1) is 17.8 Å². The van der Waals surface area contributed by atoms with Crippen molar-refractivity contribution < 1.29 is 14.3 Å². The predicted molar refractivity (Wildman–Crippen MR) is 73.3 cm³/mol. The molecule has 1 saturated carbocycles. The van der Waals surface area contributed by atoms with Gasteiger partial charge in [0.15, 0.2) is 0 Å². The van der Waals surface area contributed by atoms with Gasteiger partial charge >= 0.3 is 5.97 Å². The molecule has 3 N–H and O–H groups in total. The molecule has 0 saturated heterocycles. The minimum atomic E-state index is -0.551. The van der Waals surface area contributed by atoms with E-state index in [0.29, 0.717) is 12.5 Å². The van der Waals surface area contributed by atoms with Gasteiger partial charge in [0.25, 0.3) is 0 Å². The number of nitrogens with two attached hydrogens (primary N) is 1. The molecule has 5 heteroatoms. The molecule has 1 atom stereocenters. The minimum Gasteiger partial charge on any atom is -0.467 e. The second-order valence-electron chi connectivity index (χ2n) is 5.71. The Bertz CT molecular complexity index is 310. The smallest absolute Gasteiger partial charge is 0.328 e. The standard InChI is InChI=1S/C14H26N2O3/c1-9(2)12(14(18)19-3)16-13(17)11-6-4-10(8-15)5-7-11/h9-12H,4-8,15H2,1-3H3,(H,16,17). The highest BCUT2D eigenvalue weighted by Crippen LogP contribution is 2.28. The summed E-state index contributed by atoms with van der Waals surface area (Å²) < 4.78 is 4.73. The number of ether oxygens (including phenoxy) is 1. The van der Waals surface area contributed by atoms with Crippen molar-refractivity contribution in [1.29, 1.82) is 0 Å². The van der Waals surface area contributed by atoms with Crippen molar-refractivity contribution >= 4 is 11.9 Å². The molecule has 0 spiro atoms. The maximum atomic E-state index is 12.2. The number of carbonyl (C=O) groups excluding carboxylic acids is 2. The van der Waals surface area contributed by atoms with Gasteiger partial charge in [0.1, 0.15) is 6.04 Å². The van der Waals surface area contributed by atoms with Gasteiger partial charge in [-0.3, -0.25) is 4.79 Å². The fraction of sp³-hybridized carbons (Fsp3) is 0.857. The summed E-state index contributed by atoms with van der Waals surface area (Å²) in [7, 11) is 1.34. The number of methoxy groups -OCH3 is 1. The van der Waals surface area contributed by atoms with Crippen molar-refractivity contribution in [1.82, 2.24) is 5.32 Å². The number of nitrogens with one attached hydrogen (secondary N) is 1. The van der Waals surface area contributed by atoms with Crippen LogP contribution >= 0.6 is 0 Å². The van der Waals surface area contributed by atoms with Gasteiger partial charge in [0, 0.05) is 5.92 Å². The van der Waals surface area contributed by atoms with E-state index in [0.717, 1.165) is 25.7 Å². The van der Waals surface area contributed by atoms with Crippen molar-refractivity contribution in [2.24, 2.45) is 23.5 Å². The van der Waals surface area contributed by atoms with Crippen LogP contribution in [0.5, 0.6) is 0 Å². The third-order valence-corrected chi connectivity index (χ3v) is 3.97. The topological polar surface area (TPSA) is 81.4 Å². The van der Waals surface area contributed by atoms with Crippen molar-refractivity contribution in [2.75, 3.05) is 13.7 Å². The first-order valence-electron chi connectivity index (χ1n) is 7.07. The van der Waals surface area contributed by atoms with Crippen LogP contribution in [-0.2, 0) is 14.3 Å². The Morgan fingerprint density at radius 2 is 1.84 bits per heavy atom. The molecule has 1 rings (SSSR count). The van der Waals surface area contributed by atoms with E-state index in [-0.39, 0.29) is 23.7 Å². The lowest BCUT2D eigenvalue weighted by Gasteiger charge is -2.28.